The highest BCUT2D eigenvalue weighted by Crippen LogP contribution is 2.18. The third kappa shape index (κ3) is 3.88. The first-order chi connectivity index (χ1) is 13.6. The minimum Gasteiger partial charge on any atom is -0.442 e. The molecule has 0 bridgehead atoms. The number of benzene rings is 2. The lowest BCUT2D eigenvalue weighted by Gasteiger charge is -2.38. The van der Waals surface area contributed by atoms with Gasteiger partial charge in [-0.05, 0) is 54.6 Å². The molecular weight excluding hydrogens is 361 g/mol. The third-order valence-corrected chi connectivity index (χ3v) is 4.50. The van der Waals surface area contributed by atoms with Crippen LogP contribution in [0.5, 0.6) is 0 Å². The maximum atomic E-state index is 13.1. The van der Waals surface area contributed by atoms with Gasteiger partial charge < -0.3 is 14.2 Å². The number of hydrogen-bond acceptors (Lipinski definition) is 3. The topological polar surface area (TPSA) is 63.6 Å². The van der Waals surface area contributed by atoms with Crippen molar-refractivity contribution >= 4 is 17.7 Å². The molecule has 7 heteroatoms. The maximum Gasteiger partial charge on any atom is 0.412 e. The van der Waals surface area contributed by atoms with Gasteiger partial charge in [0, 0.05) is 29.3 Å². The molecule has 6 nitrogen and oxygen atoms in total. The first-order valence-electron chi connectivity index (χ1n) is 8.84. The highest BCUT2D eigenvalue weighted by atomic mass is 19.1. The van der Waals surface area contributed by atoms with E-state index < -0.39 is 11.9 Å². The number of likely N-dealkylation sites (tertiary alicyclic amines) is 1. The minimum atomic E-state index is -0.668. The number of nitrogens with zero attached hydrogens (tertiary/aromatic N) is 2. The molecule has 0 unspecified atom stereocenters. The number of hydrogen-bond donors (Lipinski definition) is 1. The van der Waals surface area contributed by atoms with E-state index in [4.69, 9.17) is 4.74 Å². The zero-order valence-corrected chi connectivity index (χ0v) is 14.9. The van der Waals surface area contributed by atoms with Gasteiger partial charge in [-0.25, -0.2) is 9.18 Å². The Kier molecular flexibility index (Phi) is 4.80. The van der Waals surface area contributed by atoms with Crippen LogP contribution < -0.4 is 5.32 Å². The third-order valence-electron chi connectivity index (χ3n) is 4.50. The number of aromatic nitrogens is 1. The van der Waals surface area contributed by atoms with E-state index in [0.29, 0.717) is 24.3 Å². The van der Waals surface area contributed by atoms with E-state index in [0.717, 1.165) is 5.69 Å². The molecule has 2 heterocycles. The van der Waals surface area contributed by atoms with E-state index in [-0.39, 0.29) is 12.0 Å². The lowest BCUT2D eigenvalue weighted by molar-refractivity contribution is -0.00205. The summed E-state index contributed by atoms with van der Waals surface area (Å²) in [4.78, 5) is 26.0. The molecule has 0 aliphatic carbocycles. The molecule has 0 atom stereocenters. The van der Waals surface area contributed by atoms with Gasteiger partial charge in [-0.1, -0.05) is 6.07 Å². The average molecular weight is 379 g/mol. The van der Waals surface area contributed by atoms with Gasteiger partial charge in [0.05, 0.1) is 13.1 Å². The number of halogens is 1. The van der Waals surface area contributed by atoms with Crippen LogP contribution in [0.25, 0.3) is 5.69 Å². The van der Waals surface area contributed by atoms with Gasteiger partial charge in [0.25, 0.3) is 5.91 Å². The van der Waals surface area contributed by atoms with Crippen molar-refractivity contribution in [1.82, 2.24) is 9.47 Å². The normalized spacial score (nSPS) is 13.7. The SMILES string of the molecule is O=C(Nc1cccc(F)c1)OC1CN(C(=O)c2ccc(-n3cccc3)cc2)C1. The van der Waals surface area contributed by atoms with Gasteiger partial charge in [0.15, 0.2) is 0 Å². The fraction of sp³-hybridized carbons (Fsp3) is 0.143. The summed E-state index contributed by atoms with van der Waals surface area (Å²) in [5.74, 6) is -0.551. The molecule has 0 saturated carbocycles. The second-order valence-corrected chi connectivity index (χ2v) is 6.51. The zero-order chi connectivity index (χ0) is 19.5. The molecule has 4 rings (SSSR count). The second kappa shape index (κ2) is 7.56. The van der Waals surface area contributed by atoms with E-state index in [1.807, 2.05) is 41.2 Å². The molecular formula is C21H18FN3O3. The van der Waals surface area contributed by atoms with Gasteiger partial charge in [0.2, 0.25) is 0 Å². The number of ether oxygens (including phenoxy) is 1. The first-order valence-corrected chi connectivity index (χ1v) is 8.84. The predicted molar refractivity (Wildman–Crippen MR) is 102 cm³/mol. The van der Waals surface area contributed by atoms with Crippen molar-refractivity contribution in [2.24, 2.45) is 0 Å². The highest BCUT2D eigenvalue weighted by Gasteiger charge is 2.34. The summed E-state index contributed by atoms with van der Waals surface area (Å²) in [7, 11) is 0. The molecule has 2 aromatic carbocycles. The molecule has 1 N–H and O–H groups in total. The molecule has 2 amide bonds. The molecule has 142 valence electrons. The summed E-state index contributed by atoms with van der Waals surface area (Å²) in [6, 6.07) is 16.8. The summed E-state index contributed by atoms with van der Waals surface area (Å²) in [6.45, 7) is 0.656. The van der Waals surface area contributed by atoms with Crippen molar-refractivity contribution in [1.29, 1.82) is 0 Å². The quantitative estimate of drug-likeness (QED) is 0.752. The largest absolute Gasteiger partial charge is 0.442 e. The van der Waals surface area contributed by atoms with Crippen LogP contribution in [-0.4, -0.2) is 40.7 Å². The minimum absolute atomic E-state index is 0.107. The van der Waals surface area contributed by atoms with Crippen LogP contribution in [0, 0.1) is 5.82 Å². The van der Waals surface area contributed by atoms with E-state index >= 15 is 0 Å². The Bertz CT molecular complexity index is 980. The van der Waals surface area contributed by atoms with Crippen molar-refractivity contribution in [2.45, 2.75) is 6.10 Å². The Balaban J connectivity index is 1.27. The van der Waals surface area contributed by atoms with E-state index in [2.05, 4.69) is 5.32 Å². The maximum absolute atomic E-state index is 13.1. The van der Waals surface area contributed by atoms with Crippen molar-refractivity contribution in [2.75, 3.05) is 18.4 Å². The summed E-state index contributed by atoms with van der Waals surface area (Å²) < 4.78 is 20.3. The number of carbonyl (C=O) groups is 2. The Morgan fingerprint density at radius 3 is 2.39 bits per heavy atom. The predicted octanol–water partition coefficient (Wildman–Crippen LogP) is 3.69. The van der Waals surface area contributed by atoms with Crippen molar-refractivity contribution < 1.29 is 18.7 Å². The van der Waals surface area contributed by atoms with Gasteiger partial charge in [-0.3, -0.25) is 10.1 Å². The molecule has 3 aromatic rings. The summed E-state index contributed by atoms with van der Waals surface area (Å²) in [5.41, 5.74) is 1.87. The molecule has 1 aliphatic heterocycles. The van der Waals surface area contributed by atoms with E-state index in [1.165, 1.54) is 18.2 Å². The number of nitrogens with one attached hydrogen (secondary N) is 1. The lowest BCUT2D eigenvalue weighted by atomic mass is 10.1. The first kappa shape index (κ1) is 17.8. The molecule has 1 fully saturated rings. The second-order valence-electron chi connectivity index (χ2n) is 6.51. The van der Waals surface area contributed by atoms with Gasteiger partial charge in [-0.15, -0.1) is 0 Å². The number of rotatable bonds is 4. The summed E-state index contributed by atoms with van der Waals surface area (Å²) >= 11 is 0. The van der Waals surface area contributed by atoms with Crippen LogP contribution in [0.3, 0.4) is 0 Å². The van der Waals surface area contributed by atoms with E-state index in [1.54, 1.807) is 23.1 Å². The molecule has 1 saturated heterocycles. The van der Waals surface area contributed by atoms with Crippen molar-refractivity contribution in [3.05, 3.63) is 84.4 Å². The Morgan fingerprint density at radius 2 is 1.71 bits per heavy atom. The van der Waals surface area contributed by atoms with Crippen LogP contribution in [0.4, 0.5) is 14.9 Å². The standard InChI is InChI=1S/C21H18FN3O3/c22-16-4-3-5-17(12-16)23-21(27)28-19-13-25(14-19)20(26)15-6-8-18(9-7-15)24-10-1-2-11-24/h1-12,19H,13-14H2,(H,23,27). The summed E-state index contributed by atoms with van der Waals surface area (Å²) in [6.07, 6.45) is 2.82. The van der Waals surface area contributed by atoms with Crippen LogP contribution in [0.2, 0.25) is 0 Å². The van der Waals surface area contributed by atoms with Crippen LogP contribution in [0.15, 0.2) is 73.1 Å². The highest BCUT2D eigenvalue weighted by molar-refractivity contribution is 5.95. The molecule has 0 spiro atoms. The fourth-order valence-corrected chi connectivity index (χ4v) is 3.01. The van der Waals surface area contributed by atoms with E-state index in [9.17, 15) is 14.0 Å². The fourth-order valence-electron chi connectivity index (χ4n) is 3.01. The number of amides is 2. The Morgan fingerprint density at radius 1 is 1.00 bits per heavy atom. The monoisotopic (exact) mass is 379 g/mol. The zero-order valence-electron chi connectivity index (χ0n) is 14.9. The van der Waals surface area contributed by atoms with Gasteiger partial charge in [0.1, 0.15) is 11.9 Å². The number of anilines is 1. The molecule has 1 aliphatic rings. The summed E-state index contributed by atoms with van der Waals surface area (Å²) in [5, 5.41) is 2.47. The van der Waals surface area contributed by atoms with Crippen LogP contribution in [-0.2, 0) is 4.74 Å². The van der Waals surface area contributed by atoms with Crippen LogP contribution >= 0.6 is 0 Å². The average Bonchev–Trinajstić information content (AvgIpc) is 3.19. The Hall–Kier alpha value is -3.61. The lowest BCUT2D eigenvalue weighted by Crippen LogP contribution is -2.55. The molecule has 28 heavy (non-hydrogen) atoms. The van der Waals surface area contributed by atoms with Crippen molar-refractivity contribution in [3.8, 4) is 5.69 Å². The smallest absolute Gasteiger partial charge is 0.412 e. The molecule has 0 radical (unpaired) electrons. The van der Waals surface area contributed by atoms with Gasteiger partial charge >= 0.3 is 6.09 Å². The van der Waals surface area contributed by atoms with Gasteiger partial charge in [-0.2, -0.15) is 0 Å². The number of carbonyl (C=O) groups excluding carboxylic acids is 2. The van der Waals surface area contributed by atoms with Crippen molar-refractivity contribution in [3.63, 3.8) is 0 Å². The Labute approximate surface area is 161 Å². The molecule has 1 aromatic heterocycles. The van der Waals surface area contributed by atoms with Crippen LogP contribution in [0.1, 0.15) is 10.4 Å².